The Labute approximate surface area is 209 Å². The molecular weight excluding hydrogens is 451 g/mol. The second-order valence-electron chi connectivity index (χ2n) is 9.05. The molecule has 1 heterocycles. The van der Waals surface area contributed by atoms with Gasteiger partial charge in [-0.3, -0.25) is 19.9 Å². The van der Waals surface area contributed by atoms with Crippen molar-refractivity contribution in [3.8, 4) is 0 Å². The quantitative estimate of drug-likeness (QED) is 0.335. The van der Waals surface area contributed by atoms with Crippen LogP contribution in [0.15, 0.2) is 109 Å². The van der Waals surface area contributed by atoms with Gasteiger partial charge in [-0.25, -0.2) is 4.39 Å². The summed E-state index contributed by atoms with van der Waals surface area (Å²) < 4.78 is 14.0. The van der Waals surface area contributed by atoms with Gasteiger partial charge >= 0.3 is 0 Å². The second-order valence-corrected chi connectivity index (χ2v) is 9.05. The lowest BCUT2D eigenvalue weighted by molar-refractivity contribution is -0.130. The van der Waals surface area contributed by atoms with Gasteiger partial charge in [0, 0.05) is 12.8 Å². The summed E-state index contributed by atoms with van der Waals surface area (Å²) in [6.07, 6.45) is 0.323. The van der Waals surface area contributed by atoms with E-state index in [1.54, 1.807) is 12.1 Å². The molecule has 1 N–H and O–H groups in total. The molecule has 0 spiro atoms. The normalized spacial score (nSPS) is 14.8. The summed E-state index contributed by atoms with van der Waals surface area (Å²) in [5.74, 6) is -0.728. The summed E-state index contributed by atoms with van der Waals surface area (Å²) in [4.78, 5) is 28.2. The van der Waals surface area contributed by atoms with E-state index in [0.29, 0.717) is 0 Å². The maximum absolute atomic E-state index is 14.0. The molecule has 1 aliphatic heterocycles. The third-order valence-electron chi connectivity index (χ3n) is 6.77. The van der Waals surface area contributed by atoms with Crippen molar-refractivity contribution in [2.75, 3.05) is 0 Å². The average Bonchev–Trinajstić information content (AvgIpc) is 3.16. The van der Waals surface area contributed by atoms with Gasteiger partial charge in [-0.15, -0.1) is 0 Å². The van der Waals surface area contributed by atoms with Crippen molar-refractivity contribution < 1.29 is 14.0 Å². The number of carbonyl (C=O) groups excluding carboxylic acids is 2. The van der Waals surface area contributed by atoms with E-state index in [1.165, 1.54) is 17.0 Å². The van der Waals surface area contributed by atoms with Crippen LogP contribution in [0.4, 0.5) is 4.39 Å². The maximum Gasteiger partial charge on any atom is 0.243 e. The molecule has 0 atom stereocenters. The zero-order chi connectivity index (χ0) is 25.1. The lowest BCUT2D eigenvalue weighted by Crippen LogP contribution is -2.39. The van der Waals surface area contributed by atoms with Crippen LogP contribution in [-0.2, 0) is 23.2 Å². The Morgan fingerprint density at radius 3 is 2.03 bits per heavy atom. The number of nitrogens with zero attached hydrogens (tertiary/aromatic N) is 1. The Bertz CT molecular complexity index is 1390. The molecular formula is C31H25FN2O2. The number of carbonyl (C=O) groups is 2. The molecule has 1 fully saturated rings. The van der Waals surface area contributed by atoms with E-state index < -0.39 is 11.2 Å². The van der Waals surface area contributed by atoms with Crippen LogP contribution in [0, 0.1) is 11.2 Å². The van der Waals surface area contributed by atoms with Crippen molar-refractivity contribution >= 4 is 17.5 Å². The molecule has 0 aromatic heterocycles. The van der Waals surface area contributed by atoms with Crippen molar-refractivity contribution in [2.45, 2.75) is 24.8 Å². The number of benzene rings is 4. The number of halogens is 1. The van der Waals surface area contributed by atoms with Crippen molar-refractivity contribution in [2.24, 2.45) is 0 Å². The topological polar surface area (TPSA) is 61.2 Å². The van der Waals surface area contributed by atoms with Crippen LogP contribution in [-0.4, -0.2) is 22.4 Å². The Kier molecular flexibility index (Phi) is 6.30. The van der Waals surface area contributed by atoms with Gasteiger partial charge in [-0.2, -0.15) is 0 Å². The Balaban J connectivity index is 1.43. The largest absolute Gasteiger partial charge is 0.295 e. The number of nitrogens with one attached hydrogen (secondary N) is 1. The molecule has 1 amide bonds. The summed E-state index contributed by atoms with van der Waals surface area (Å²) in [6.45, 7) is 0.223. The van der Waals surface area contributed by atoms with Crippen LogP contribution in [0.25, 0.3) is 0 Å². The number of rotatable bonds is 7. The van der Waals surface area contributed by atoms with Crippen LogP contribution < -0.4 is 0 Å². The fourth-order valence-electron chi connectivity index (χ4n) is 4.99. The number of amides is 1. The molecule has 4 aromatic rings. The smallest absolute Gasteiger partial charge is 0.243 e. The Hall–Kier alpha value is -4.38. The third kappa shape index (κ3) is 4.24. The fourth-order valence-corrected chi connectivity index (χ4v) is 4.99. The van der Waals surface area contributed by atoms with Gasteiger partial charge in [-0.1, -0.05) is 97.1 Å². The number of ketones is 1. The highest BCUT2D eigenvalue weighted by molar-refractivity contribution is 6.12. The van der Waals surface area contributed by atoms with Crippen molar-refractivity contribution in [1.82, 2.24) is 4.90 Å². The van der Waals surface area contributed by atoms with E-state index >= 15 is 0 Å². The standard InChI is InChI=1S/C31H25FN2O2/c32-27-17-8-7-16-26(27)28(35)19-22-10-9-11-23(18-22)21-34-29(33)20-31(30(34)36,24-12-3-1-4-13-24)25-14-5-2-6-15-25/h1-18,33H,19-21H2. The van der Waals surface area contributed by atoms with Crippen molar-refractivity contribution in [3.63, 3.8) is 0 Å². The highest BCUT2D eigenvalue weighted by atomic mass is 19.1. The molecule has 0 radical (unpaired) electrons. The van der Waals surface area contributed by atoms with E-state index in [9.17, 15) is 14.0 Å². The molecule has 1 saturated heterocycles. The van der Waals surface area contributed by atoms with Crippen LogP contribution in [0.2, 0.25) is 0 Å². The molecule has 0 bridgehead atoms. The SMILES string of the molecule is N=C1CC(c2ccccc2)(c2ccccc2)C(=O)N1Cc1cccc(CC(=O)c2ccccc2F)c1. The molecule has 0 aliphatic carbocycles. The van der Waals surface area contributed by atoms with Gasteiger partial charge in [-0.05, 0) is 34.4 Å². The number of amidine groups is 1. The molecule has 4 aromatic carbocycles. The second kappa shape index (κ2) is 9.70. The summed E-state index contributed by atoms with van der Waals surface area (Å²) in [5.41, 5.74) is 2.36. The van der Waals surface area contributed by atoms with Crippen LogP contribution in [0.1, 0.15) is 39.0 Å². The summed E-state index contributed by atoms with van der Waals surface area (Å²) in [5, 5.41) is 8.75. The third-order valence-corrected chi connectivity index (χ3v) is 6.77. The molecule has 0 saturated carbocycles. The Morgan fingerprint density at radius 1 is 0.806 bits per heavy atom. The highest BCUT2D eigenvalue weighted by Gasteiger charge is 2.52. The van der Waals surface area contributed by atoms with E-state index in [1.807, 2.05) is 84.9 Å². The first-order chi connectivity index (χ1) is 17.5. The van der Waals surface area contributed by atoms with E-state index in [4.69, 9.17) is 5.41 Å². The van der Waals surface area contributed by atoms with Crippen molar-refractivity contribution in [3.05, 3.63) is 143 Å². The average molecular weight is 477 g/mol. The first-order valence-corrected chi connectivity index (χ1v) is 11.8. The minimum atomic E-state index is -0.960. The molecule has 178 valence electrons. The summed E-state index contributed by atoms with van der Waals surface area (Å²) in [7, 11) is 0. The predicted molar refractivity (Wildman–Crippen MR) is 137 cm³/mol. The van der Waals surface area contributed by atoms with Crippen LogP contribution in [0.3, 0.4) is 0 Å². The van der Waals surface area contributed by atoms with Gasteiger partial charge in [0.25, 0.3) is 0 Å². The monoisotopic (exact) mass is 476 g/mol. The molecule has 1 aliphatic rings. The first-order valence-electron chi connectivity index (χ1n) is 11.8. The number of likely N-dealkylation sites (tertiary alicyclic amines) is 1. The van der Waals surface area contributed by atoms with Crippen LogP contribution >= 0.6 is 0 Å². The van der Waals surface area contributed by atoms with Gasteiger partial charge in [0.15, 0.2) is 5.78 Å². The maximum atomic E-state index is 14.0. The number of hydrogen-bond donors (Lipinski definition) is 1. The minimum Gasteiger partial charge on any atom is -0.295 e. The molecule has 4 nitrogen and oxygen atoms in total. The lowest BCUT2D eigenvalue weighted by Gasteiger charge is -2.28. The van der Waals surface area contributed by atoms with Gasteiger partial charge in [0.1, 0.15) is 17.1 Å². The zero-order valence-corrected chi connectivity index (χ0v) is 19.7. The lowest BCUT2D eigenvalue weighted by atomic mass is 9.73. The van der Waals surface area contributed by atoms with E-state index in [2.05, 4.69) is 0 Å². The van der Waals surface area contributed by atoms with Crippen molar-refractivity contribution in [1.29, 1.82) is 5.41 Å². The van der Waals surface area contributed by atoms with E-state index in [0.717, 1.165) is 22.3 Å². The fraction of sp³-hybridized carbons (Fsp3) is 0.129. The van der Waals surface area contributed by atoms with E-state index in [-0.39, 0.29) is 42.5 Å². The van der Waals surface area contributed by atoms with Gasteiger partial charge in [0.05, 0.1) is 12.1 Å². The predicted octanol–water partition coefficient (Wildman–Crippen LogP) is 5.95. The summed E-state index contributed by atoms with van der Waals surface area (Å²) >= 11 is 0. The van der Waals surface area contributed by atoms with Gasteiger partial charge < -0.3 is 0 Å². The molecule has 5 rings (SSSR count). The highest BCUT2D eigenvalue weighted by Crippen LogP contribution is 2.43. The number of Topliss-reactive ketones (excluding diaryl/α,β-unsaturated/α-hetero) is 1. The van der Waals surface area contributed by atoms with Crippen LogP contribution in [0.5, 0.6) is 0 Å². The molecule has 5 heteroatoms. The summed E-state index contributed by atoms with van der Waals surface area (Å²) in [6, 6.07) is 32.6. The van der Waals surface area contributed by atoms with Gasteiger partial charge in [0.2, 0.25) is 5.91 Å². The molecule has 36 heavy (non-hydrogen) atoms. The molecule has 0 unspecified atom stereocenters. The Morgan fingerprint density at radius 2 is 1.39 bits per heavy atom. The number of hydrogen-bond acceptors (Lipinski definition) is 3. The first kappa shape index (κ1) is 23.4. The minimum absolute atomic E-state index is 0.0537. The zero-order valence-electron chi connectivity index (χ0n) is 19.7.